The van der Waals surface area contributed by atoms with Crippen LogP contribution in [0.15, 0.2) is 42.5 Å². The average Bonchev–Trinajstić information content (AvgIpc) is 2.77. The van der Waals surface area contributed by atoms with E-state index in [2.05, 4.69) is 4.74 Å². The number of hydrogen-bond donors (Lipinski definition) is 0. The molecule has 0 N–H and O–H groups in total. The average molecular weight is 417 g/mol. The van der Waals surface area contributed by atoms with Gasteiger partial charge in [-0.15, -0.1) is 0 Å². The van der Waals surface area contributed by atoms with Crippen molar-refractivity contribution in [2.24, 2.45) is 5.92 Å². The van der Waals surface area contributed by atoms with Crippen molar-refractivity contribution in [3.05, 3.63) is 53.6 Å². The zero-order valence-corrected chi connectivity index (χ0v) is 16.2. The van der Waals surface area contributed by atoms with Gasteiger partial charge in [-0.1, -0.05) is 6.07 Å². The van der Waals surface area contributed by atoms with Crippen LogP contribution in [0.3, 0.4) is 0 Å². The Labute approximate surface area is 172 Å². The Kier molecular flexibility index (Phi) is 5.83. The second kappa shape index (κ2) is 8.69. The first-order chi connectivity index (χ1) is 14.5. The fourth-order valence-corrected chi connectivity index (χ4v) is 3.76. The maximum atomic E-state index is 12.9. The van der Waals surface area contributed by atoms with Crippen LogP contribution in [0.1, 0.15) is 33.6 Å². The summed E-state index contributed by atoms with van der Waals surface area (Å²) in [5.74, 6) is 0.720. The number of carbonyl (C=O) groups is 2. The summed E-state index contributed by atoms with van der Waals surface area (Å²) in [4.78, 5) is 27.2. The van der Waals surface area contributed by atoms with Gasteiger partial charge in [0.05, 0.1) is 0 Å². The molecule has 4 rings (SSSR count). The van der Waals surface area contributed by atoms with Crippen molar-refractivity contribution in [1.82, 2.24) is 4.90 Å². The molecule has 0 saturated carbocycles. The van der Waals surface area contributed by atoms with Crippen LogP contribution in [0.25, 0.3) is 0 Å². The van der Waals surface area contributed by atoms with Gasteiger partial charge in [0.1, 0.15) is 19.0 Å². The standard InChI is InChI=1S/C22H21F2NO5/c23-22(24)30-17-3-1-2-16(12-17)21(27)25-8-6-14(7-9-25)20(26)15-4-5-18-19(13-15)29-11-10-28-18/h1-5,12-14,22H,6-11H2. The Balaban J connectivity index is 1.38. The molecular formula is C22H21F2NO5. The van der Waals surface area contributed by atoms with Crippen molar-refractivity contribution >= 4 is 11.7 Å². The number of rotatable bonds is 5. The lowest BCUT2D eigenvalue weighted by Crippen LogP contribution is -2.40. The number of benzene rings is 2. The molecule has 2 aromatic rings. The number of piperidine rings is 1. The number of ketones is 1. The van der Waals surface area contributed by atoms with E-state index in [1.807, 2.05) is 0 Å². The van der Waals surface area contributed by atoms with E-state index in [4.69, 9.17) is 9.47 Å². The second-order valence-corrected chi connectivity index (χ2v) is 7.20. The highest BCUT2D eigenvalue weighted by Gasteiger charge is 2.29. The van der Waals surface area contributed by atoms with Crippen LogP contribution >= 0.6 is 0 Å². The van der Waals surface area contributed by atoms with E-state index >= 15 is 0 Å². The number of halogens is 2. The van der Waals surface area contributed by atoms with Crippen LogP contribution < -0.4 is 14.2 Å². The molecule has 0 bridgehead atoms. The molecule has 2 heterocycles. The third kappa shape index (κ3) is 4.37. The summed E-state index contributed by atoms with van der Waals surface area (Å²) in [6.45, 7) is -1.17. The number of amides is 1. The largest absolute Gasteiger partial charge is 0.486 e. The van der Waals surface area contributed by atoms with Gasteiger partial charge in [-0.2, -0.15) is 8.78 Å². The van der Waals surface area contributed by atoms with Gasteiger partial charge in [0.2, 0.25) is 0 Å². The van der Waals surface area contributed by atoms with E-state index in [9.17, 15) is 18.4 Å². The summed E-state index contributed by atoms with van der Waals surface area (Å²) < 4.78 is 40.2. The fraction of sp³-hybridized carbons (Fsp3) is 0.364. The van der Waals surface area contributed by atoms with E-state index in [1.165, 1.54) is 18.2 Å². The summed E-state index contributed by atoms with van der Waals surface area (Å²) in [6.07, 6.45) is 1.07. The third-order valence-corrected chi connectivity index (χ3v) is 5.29. The fourth-order valence-electron chi connectivity index (χ4n) is 3.76. The van der Waals surface area contributed by atoms with Crippen molar-refractivity contribution in [2.45, 2.75) is 19.5 Å². The summed E-state index contributed by atoms with van der Waals surface area (Å²) in [5, 5.41) is 0. The second-order valence-electron chi connectivity index (χ2n) is 7.20. The van der Waals surface area contributed by atoms with Crippen molar-refractivity contribution in [2.75, 3.05) is 26.3 Å². The molecule has 1 saturated heterocycles. The number of nitrogens with zero attached hydrogens (tertiary/aromatic N) is 1. The SMILES string of the molecule is O=C(c1ccc2c(c1)OCCO2)C1CCN(C(=O)c2cccc(OC(F)F)c2)CC1. The molecule has 0 spiro atoms. The number of alkyl halides is 2. The molecule has 2 aromatic carbocycles. The monoisotopic (exact) mass is 417 g/mol. The molecule has 0 aliphatic carbocycles. The molecular weight excluding hydrogens is 396 g/mol. The Morgan fingerprint density at radius 2 is 1.70 bits per heavy atom. The van der Waals surface area contributed by atoms with Gasteiger partial charge < -0.3 is 19.1 Å². The molecule has 2 aliphatic rings. The maximum absolute atomic E-state index is 12.9. The number of Topliss-reactive ketones (excluding diaryl/α,β-unsaturated/α-hetero) is 1. The van der Waals surface area contributed by atoms with Gasteiger partial charge in [-0.3, -0.25) is 9.59 Å². The molecule has 1 amide bonds. The zero-order valence-electron chi connectivity index (χ0n) is 16.2. The first kappa shape index (κ1) is 20.1. The summed E-state index contributed by atoms with van der Waals surface area (Å²) in [6, 6.07) is 10.9. The molecule has 158 valence electrons. The van der Waals surface area contributed by atoms with Crippen LogP contribution in [-0.2, 0) is 0 Å². The highest BCUT2D eigenvalue weighted by atomic mass is 19.3. The molecule has 0 unspecified atom stereocenters. The molecule has 8 heteroatoms. The van der Waals surface area contributed by atoms with E-state index in [-0.39, 0.29) is 28.9 Å². The molecule has 0 radical (unpaired) electrons. The Bertz CT molecular complexity index is 941. The highest BCUT2D eigenvalue weighted by molar-refractivity contribution is 5.99. The van der Waals surface area contributed by atoms with Crippen molar-refractivity contribution in [3.8, 4) is 17.2 Å². The predicted octanol–water partition coefficient (Wildman–Crippen LogP) is 3.79. The molecule has 0 atom stereocenters. The Hall–Kier alpha value is -3.16. The van der Waals surface area contributed by atoms with Crippen LogP contribution in [0, 0.1) is 5.92 Å². The van der Waals surface area contributed by atoms with Crippen LogP contribution in [0.5, 0.6) is 17.2 Å². The van der Waals surface area contributed by atoms with Gasteiger partial charge in [0.25, 0.3) is 5.91 Å². The van der Waals surface area contributed by atoms with E-state index in [0.29, 0.717) is 56.2 Å². The van der Waals surface area contributed by atoms with Gasteiger partial charge >= 0.3 is 6.61 Å². The highest BCUT2D eigenvalue weighted by Crippen LogP contribution is 2.32. The first-order valence-corrected chi connectivity index (χ1v) is 9.79. The van der Waals surface area contributed by atoms with Crippen molar-refractivity contribution < 1.29 is 32.6 Å². The lowest BCUT2D eigenvalue weighted by atomic mass is 9.88. The summed E-state index contributed by atoms with van der Waals surface area (Å²) in [5.41, 5.74) is 0.852. The molecule has 30 heavy (non-hydrogen) atoms. The van der Waals surface area contributed by atoms with E-state index < -0.39 is 6.61 Å². The summed E-state index contributed by atoms with van der Waals surface area (Å²) >= 11 is 0. The van der Waals surface area contributed by atoms with Gasteiger partial charge in [0, 0.05) is 30.1 Å². The van der Waals surface area contributed by atoms with Gasteiger partial charge in [0.15, 0.2) is 17.3 Å². The minimum atomic E-state index is -2.95. The smallest absolute Gasteiger partial charge is 0.387 e. The first-order valence-electron chi connectivity index (χ1n) is 9.79. The van der Waals surface area contributed by atoms with E-state index in [1.54, 1.807) is 29.2 Å². The number of ether oxygens (including phenoxy) is 3. The number of fused-ring (bicyclic) bond motifs is 1. The van der Waals surface area contributed by atoms with Crippen LogP contribution in [-0.4, -0.2) is 49.5 Å². The molecule has 0 aromatic heterocycles. The third-order valence-electron chi connectivity index (χ3n) is 5.29. The van der Waals surface area contributed by atoms with Crippen molar-refractivity contribution in [3.63, 3.8) is 0 Å². The quantitative estimate of drug-likeness (QED) is 0.693. The predicted molar refractivity (Wildman–Crippen MR) is 103 cm³/mol. The molecule has 2 aliphatic heterocycles. The number of hydrogen-bond acceptors (Lipinski definition) is 5. The minimum absolute atomic E-state index is 0.0198. The summed E-state index contributed by atoms with van der Waals surface area (Å²) in [7, 11) is 0. The normalized spacial score (nSPS) is 16.4. The lowest BCUT2D eigenvalue weighted by molar-refractivity contribution is -0.0499. The Morgan fingerprint density at radius 3 is 2.43 bits per heavy atom. The Morgan fingerprint density at radius 1 is 0.967 bits per heavy atom. The molecule has 1 fully saturated rings. The minimum Gasteiger partial charge on any atom is -0.486 e. The number of likely N-dealkylation sites (tertiary alicyclic amines) is 1. The zero-order chi connectivity index (χ0) is 21.1. The van der Waals surface area contributed by atoms with Gasteiger partial charge in [-0.05, 0) is 49.2 Å². The topological polar surface area (TPSA) is 65.1 Å². The van der Waals surface area contributed by atoms with E-state index in [0.717, 1.165) is 0 Å². The molecule has 6 nitrogen and oxygen atoms in total. The van der Waals surface area contributed by atoms with Crippen LogP contribution in [0.2, 0.25) is 0 Å². The van der Waals surface area contributed by atoms with Gasteiger partial charge in [-0.25, -0.2) is 0 Å². The van der Waals surface area contributed by atoms with Crippen molar-refractivity contribution in [1.29, 1.82) is 0 Å². The van der Waals surface area contributed by atoms with Crippen LogP contribution in [0.4, 0.5) is 8.78 Å². The lowest BCUT2D eigenvalue weighted by Gasteiger charge is -2.31. The maximum Gasteiger partial charge on any atom is 0.387 e. The number of carbonyl (C=O) groups excluding carboxylic acids is 2.